The van der Waals surface area contributed by atoms with Gasteiger partial charge in [0.15, 0.2) is 0 Å². The van der Waals surface area contributed by atoms with Crippen molar-refractivity contribution in [3.05, 3.63) is 24.3 Å². The molecular weight excluding hydrogens is 190 g/mol. The van der Waals surface area contributed by atoms with Gasteiger partial charge in [-0.25, -0.2) is 4.79 Å². The molecule has 0 N–H and O–H groups in total. The molecule has 0 saturated carbocycles. The van der Waals surface area contributed by atoms with Gasteiger partial charge >= 0.3 is 5.97 Å². The Bertz CT molecular complexity index is 272. The van der Waals surface area contributed by atoms with E-state index in [-0.39, 0.29) is 5.97 Å². The van der Waals surface area contributed by atoms with Crippen molar-refractivity contribution in [1.82, 2.24) is 0 Å². The van der Waals surface area contributed by atoms with Gasteiger partial charge in [-0.2, -0.15) is 5.26 Å². The molecule has 0 aromatic carbocycles. The third-order valence-electron chi connectivity index (χ3n) is 1.09. The van der Waals surface area contributed by atoms with E-state index in [2.05, 4.69) is 13.2 Å². The van der Waals surface area contributed by atoms with E-state index < -0.39 is 0 Å². The zero-order valence-corrected chi connectivity index (χ0v) is 9.96. The molecule has 0 saturated heterocycles. The van der Waals surface area contributed by atoms with Crippen LogP contribution in [-0.4, -0.2) is 12.6 Å². The van der Waals surface area contributed by atoms with Gasteiger partial charge in [0.25, 0.3) is 0 Å². The molecule has 15 heavy (non-hydrogen) atoms. The van der Waals surface area contributed by atoms with Crippen molar-refractivity contribution in [2.75, 3.05) is 6.61 Å². The largest absolute Gasteiger partial charge is 0.462 e. The van der Waals surface area contributed by atoms with Gasteiger partial charge < -0.3 is 4.74 Å². The maximum atomic E-state index is 10.7. The van der Waals surface area contributed by atoms with Crippen LogP contribution in [0.25, 0.3) is 0 Å². The number of rotatable bonds is 3. The number of carbonyl (C=O) groups is 1. The van der Waals surface area contributed by atoms with Crippen LogP contribution in [0.2, 0.25) is 0 Å². The highest BCUT2D eigenvalue weighted by molar-refractivity contribution is 5.86. The van der Waals surface area contributed by atoms with E-state index in [4.69, 9.17) is 10.00 Å². The van der Waals surface area contributed by atoms with Crippen molar-refractivity contribution in [3.8, 4) is 6.07 Å². The Labute approximate surface area is 92.0 Å². The van der Waals surface area contributed by atoms with Crippen LogP contribution in [0.5, 0.6) is 0 Å². The highest BCUT2D eigenvalue weighted by Crippen LogP contribution is 1.97. The van der Waals surface area contributed by atoms with Crippen LogP contribution >= 0.6 is 0 Å². The summed E-state index contributed by atoms with van der Waals surface area (Å²) in [5, 5.41) is 7.79. The van der Waals surface area contributed by atoms with Crippen LogP contribution in [0.15, 0.2) is 24.3 Å². The number of carbonyl (C=O) groups excluding carboxylic acids is 1. The quantitative estimate of drug-likeness (QED) is 0.408. The minimum absolute atomic E-state index is 0.297. The van der Waals surface area contributed by atoms with E-state index in [1.54, 1.807) is 13.8 Å². The molecule has 0 amide bonds. The van der Waals surface area contributed by atoms with Gasteiger partial charge in [-0.05, 0) is 19.8 Å². The zero-order valence-electron chi connectivity index (χ0n) is 9.96. The summed E-state index contributed by atoms with van der Waals surface area (Å²) in [5.74, 6) is 0.0944. The second-order valence-corrected chi connectivity index (χ2v) is 3.66. The molecule has 0 aromatic heterocycles. The summed E-state index contributed by atoms with van der Waals surface area (Å²) < 4.78 is 4.83. The Morgan fingerprint density at radius 1 is 1.40 bits per heavy atom. The minimum Gasteiger partial charge on any atom is -0.462 e. The molecular formula is C12H19NO2. The Morgan fingerprint density at radius 2 is 1.80 bits per heavy atom. The van der Waals surface area contributed by atoms with Crippen LogP contribution in [0.4, 0.5) is 0 Å². The van der Waals surface area contributed by atoms with Gasteiger partial charge in [0, 0.05) is 11.1 Å². The average Bonchev–Trinajstić information content (AvgIpc) is 2.14. The van der Waals surface area contributed by atoms with Crippen LogP contribution in [0.3, 0.4) is 0 Å². The second kappa shape index (κ2) is 9.01. The molecule has 0 spiro atoms. The Hall–Kier alpha value is -1.56. The number of esters is 1. The normalized spacial score (nSPS) is 8.27. The standard InChI is InChI=1S/C8H14O2.C4H5N/c1-6(2)5-10-8(9)7(3)4;1-4(2)3-5/h6H,3,5H2,1-2,4H3;1H2,2H3. The molecule has 3 nitrogen and oxygen atoms in total. The fourth-order valence-corrected chi connectivity index (χ4v) is 0.366. The molecule has 0 unspecified atom stereocenters. The van der Waals surface area contributed by atoms with E-state index in [0.717, 1.165) is 0 Å². The van der Waals surface area contributed by atoms with Gasteiger partial charge in [0.05, 0.1) is 12.7 Å². The van der Waals surface area contributed by atoms with Gasteiger partial charge in [0.1, 0.15) is 0 Å². The Morgan fingerprint density at radius 3 is 2.00 bits per heavy atom. The summed E-state index contributed by atoms with van der Waals surface area (Å²) in [4.78, 5) is 10.7. The van der Waals surface area contributed by atoms with E-state index >= 15 is 0 Å². The fraction of sp³-hybridized carbons (Fsp3) is 0.500. The molecule has 0 heterocycles. The number of allylic oxidation sites excluding steroid dienone is 1. The SMILES string of the molecule is C=C(C)C#N.C=C(C)C(=O)OCC(C)C. The lowest BCUT2D eigenvalue weighted by atomic mass is 10.2. The van der Waals surface area contributed by atoms with Crippen molar-refractivity contribution >= 4 is 5.97 Å². The molecule has 0 rings (SSSR count). The molecule has 0 aliphatic carbocycles. The highest BCUT2D eigenvalue weighted by atomic mass is 16.5. The molecule has 0 atom stereocenters. The highest BCUT2D eigenvalue weighted by Gasteiger charge is 2.03. The molecule has 0 fully saturated rings. The summed E-state index contributed by atoms with van der Waals surface area (Å²) in [6.07, 6.45) is 0. The summed E-state index contributed by atoms with van der Waals surface area (Å²) in [7, 11) is 0. The number of nitriles is 1. The fourth-order valence-electron chi connectivity index (χ4n) is 0.366. The first-order valence-electron chi connectivity index (χ1n) is 4.69. The first-order valence-corrected chi connectivity index (χ1v) is 4.69. The Balaban J connectivity index is 0. The van der Waals surface area contributed by atoms with Crippen molar-refractivity contribution in [3.63, 3.8) is 0 Å². The smallest absolute Gasteiger partial charge is 0.333 e. The monoisotopic (exact) mass is 209 g/mol. The third kappa shape index (κ3) is 15.2. The van der Waals surface area contributed by atoms with Gasteiger partial charge in [0.2, 0.25) is 0 Å². The lowest BCUT2D eigenvalue weighted by Crippen LogP contribution is -2.09. The number of hydrogen-bond donors (Lipinski definition) is 0. The van der Waals surface area contributed by atoms with Crippen LogP contribution < -0.4 is 0 Å². The molecule has 84 valence electrons. The lowest BCUT2D eigenvalue weighted by Gasteiger charge is -2.05. The van der Waals surface area contributed by atoms with E-state index in [9.17, 15) is 4.79 Å². The summed E-state index contributed by atoms with van der Waals surface area (Å²) >= 11 is 0. The summed E-state index contributed by atoms with van der Waals surface area (Å²) in [6, 6.07) is 1.83. The van der Waals surface area contributed by atoms with E-state index in [1.807, 2.05) is 19.9 Å². The van der Waals surface area contributed by atoms with Gasteiger partial charge in [-0.3, -0.25) is 0 Å². The lowest BCUT2D eigenvalue weighted by molar-refractivity contribution is -0.139. The number of hydrogen-bond acceptors (Lipinski definition) is 3. The predicted octanol–water partition coefficient (Wildman–Crippen LogP) is 2.85. The van der Waals surface area contributed by atoms with Crippen molar-refractivity contribution < 1.29 is 9.53 Å². The van der Waals surface area contributed by atoms with Crippen molar-refractivity contribution in [2.24, 2.45) is 5.92 Å². The molecule has 0 aromatic rings. The first-order chi connectivity index (χ1) is 6.81. The third-order valence-corrected chi connectivity index (χ3v) is 1.09. The van der Waals surface area contributed by atoms with Crippen LogP contribution in [0, 0.1) is 17.2 Å². The van der Waals surface area contributed by atoms with Gasteiger partial charge in [-0.15, -0.1) is 0 Å². The minimum atomic E-state index is -0.297. The first kappa shape index (κ1) is 15.9. The molecule has 0 radical (unpaired) electrons. The average molecular weight is 209 g/mol. The Kier molecular flexibility index (Phi) is 9.55. The molecule has 0 bridgehead atoms. The van der Waals surface area contributed by atoms with Crippen molar-refractivity contribution in [2.45, 2.75) is 27.7 Å². The maximum absolute atomic E-state index is 10.7. The number of nitrogens with zero attached hydrogens (tertiary/aromatic N) is 1. The molecule has 0 aliphatic heterocycles. The maximum Gasteiger partial charge on any atom is 0.333 e. The van der Waals surface area contributed by atoms with E-state index in [1.165, 1.54) is 0 Å². The molecule has 0 aliphatic rings. The van der Waals surface area contributed by atoms with Gasteiger partial charge in [-0.1, -0.05) is 27.0 Å². The second-order valence-electron chi connectivity index (χ2n) is 3.66. The van der Waals surface area contributed by atoms with Crippen LogP contribution in [-0.2, 0) is 9.53 Å². The van der Waals surface area contributed by atoms with Crippen molar-refractivity contribution in [1.29, 1.82) is 5.26 Å². The zero-order chi connectivity index (χ0) is 12.4. The summed E-state index contributed by atoms with van der Waals surface area (Å²) in [5.41, 5.74) is 1.02. The van der Waals surface area contributed by atoms with Crippen LogP contribution in [0.1, 0.15) is 27.7 Å². The topological polar surface area (TPSA) is 50.1 Å². The predicted molar refractivity (Wildman–Crippen MR) is 61.0 cm³/mol. The number of ether oxygens (including phenoxy) is 1. The summed E-state index contributed by atoms with van der Waals surface area (Å²) in [6.45, 7) is 14.5. The van der Waals surface area contributed by atoms with E-state index in [0.29, 0.717) is 23.7 Å². The molecule has 3 heteroatoms.